The molecule has 3 aromatic rings. The van der Waals surface area contributed by atoms with Gasteiger partial charge in [-0.15, -0.1) is 0 Å². The second kappa shape index (κ2) is 7.92. The molecule has 4 nitrogen and oxygen atoms in total. The Morgan fingerprint density at radius 1 is 1.19 bits per heavy atom. The van der Waals surface area contributed by atoms with E-state index in [0.717, 1.165) is 41.5 Å². The largest absolute Gasteiger partial charge is 0.376 e. The Balaban J connectivity index is 1.50. The van der Waals surface area contributed by atoms with Gasteiger partial charge in [-0.2, -0.15) is 0 Å². The molecule has 1 aliphatic heterocycles. The van der Waals surface area contributed by atoms with Crippen LogP contribution >= 0.6 is 0 Å². The van der Waals surface area contributed by atoms with Crippen LogP contribution in [0.25, 0.3) is 10.9 Å². The van der Waals surface area contributed by atoms with Gasteiger partial charge in [-0.05, 0) is 42.2 Å². The summed E-state index contributed by atoms with van der Waals surface area (Å²) in [6.45, 7) is 2.00. The predicted octanol–water partition coefficient (Wildman–Crippen LogP) is 3.67. The average Bonchev–Trinajstić information content (AvgIpc) is 3.31. The normalized spacial score (nSPS) is 16.7. The monoisotopic (exact) mass is 366 g/mol. The van der Waals surface area contributed by atoms with Crippen LogP contribution in [-0.2, 0) is 22.5 Å². The molecule has 140 valence electrons. The van der Waals surface area contributed by atoms with Gasteiger partial charge in [0.25, 0.3) is 0 Å². The maximum absolute atomic E-state index is 13.2. The van der Waals surface area contributed by atoms with E-state index >= 15 is 0 Å². The molecule has 2 heterocycles. The Labute approximate surface area is 157 Å². The molecule has 1 aliphatic rings. The van der Waals surface area contributed by atoms with E-state index in [1.54, 1.807) is 12.1 Å². The van der Waals surface area contributed by atoms with Crippen LogP contribution in [0, 0.1) is 5.82 Å². The Morgan fingerprint density at radius 3 is 2.78 bits per heavy atom. The lowest BCUT2D eigenvalue weighted by Crippen LogP contribution is -2.32. The lowest BCUT2D eigenvalue weighted by atomic mass is 10.1. The highest BCUT2D eigenvalue weighted by molar-refractivity contribution is 5.89. The minimum atomic E-state index is -0.236. The third-order valence-electron chi connectivity index (χ3n) is 5.04. The summed E-state index contributed by atoms with van der Waals surface area (Å²) in [7, 11) is 0. The molecule has 1 saturated heterocycles. The van der Waals surface area contributed by atoms with E-state index in [0.29, 0.717) is 19.5 Å². The Morgan fingerprint density at radius 2 is 2.00 bits per heavy atom. The van der Waals surface area contributed by atoms with Gasteiger partial charge >= 0.3 is 0 Å². The number of ether oxygens (including phenoxy) is 1. The van der Waals surface area contributed by atoms with Gasteiger partial charge in [0.2, 0.25) is 5.91 Å². The van der Waals surface area contributed by atoms with E-state index in [2.05, 4.69) is 9.88 Å². The van der Waals surface area contributed by atoms with Crippen molar-refractivity contribution < 1.29 is 13.9 Å². The van der Waals surface area contributed by atoms with E-state index in [4.69, 9.17) is 4.74 Å². The summed E-state index contributed by atoms with van der Waals surface area (Å²) < 4.78 is 20.8. The number of aromatic nitrogens is 1. The van der Waals surface area contributed by atoms with Crippen molar-refractivity contribution in [1.82, 2.24) is 9.88 Å². The van der Waals surface area contributed by atoms with E-state index in [1.165, 1.54) is 12.1 Å². The van der Waals surface area contributed by atoms with E-state index in [1.807, 2.05) is 30.5 Å². The number of amides is 1. The number of fused-ring (bicyclic) bond motifs is 1. The minimum Gasteiger partial charge on any atom is -0.376 e. The molecule has 0 aliphatic carbocycles. The number of carbonyl (C=O) groups is 1. The number of hydrogen-bond acceptors (Lipinski definition) is 2. The van der Waals surface area contributed by atoms with Crippen molar-refractivity contribution in [2.24, 2.45) is 0 Å². The fourth-order valence-corrected chi connectivity index (χ4v) is 3.65. The number of benzene rings is 2. The molecular formula is C22H23FN2O2. The van der Waals surface area contributed by atoms with Crippen LogP contribution in [0.15, 0.2) is 54.7 Å². The number of hydrogen-bond donors (Lipinski definition) is 1. The fourth-order valence-electron chi connectivity index (χ4n) is 3.65. The molecular weight excluding hydrogens is 343 g/mol. The SMILES string of the molecule is O=C(Cc1cn(Cc2ccc(F)cc2)c2ccccc12)NCC1CCCO1. The van der Waals surface area contributed by atoms with Gasteiger partial charge in [-0.3, -0.25) is 4.79 Å². The average molecular weight is 366 g/mol. The second-order valence-corrected chi connectivity index (χ2v) is 7.04. The summed E-state index contributed by atoms with van der Waals surface area (Å²) in [4.78, 5) is 12.4. The smallest absolute Gasteiger partial charge is 0.224 e. The van der Waals surface area contributed by atoms with Crippen LogP contribution in [0.5, 0.6) is 0 Å². The van der Waals surface area contributed by atoms with Gasteiger partial charge in [0.1, 0.15) is 5.82 Å². The van der Waals surface area contributed by atoms with Gasteiger partial charge in [-0.1, -0.05) is 30.3 Å². The van der Waals surface area contributed by atoms with Crippen LogP contribution in [0.4, 0.5) is 4.39 Å². The maximum Gasteiger partial charge on any atom is 0.224 e. The zero-order valence-corrected chi connectivity index (χ0v) is 15.2. The number of nitrogens with zero attached hydrogens (tertiary/aromatic N) is 1. The zero-order valence-electron chi connectivity index (χ0n) is 15.2. The van der Waals surface area contributed by atoms with Gasteiger partial charge in [0.15, 0.2) is 0 Å². The molecule has 1 amide bonds. The van der Waals surface area contributed by atoms with Crippen LogP contribution in [-0.4, -0.2) is 29.7 Å². The van der Waals surface area contributed by atoms with Gasteiger partial charge in [-0.25, -0.2) is 4.39 Å². The zero-order chi connectivity index (χ0) is 18.6. The molecule has 0 radical (unpaired) electrons. The molecule has 4 rings (SSSR count). The summed E-state index contributed by atoms with van der Waals surface area (Å²) in [5.41, 5.74) is 3.09. The number of rotatable bonds is 6. The number of carbonyl (C=O) groups excluding carboxylic acids is 1. The summed E-state index contributed by atoms with van der Waals surface area (Å²) >= 11 is 0. The van der Waals surface area contributed by atoms with Crippen LogP contribution in [0.3, 0.4) is 0 Å². The predicted molar refractivity (Wildman–Crippen MR) is 103 cm³/mol. The summed E-state index contributed by atoms with van der Waals surface area (Å²) in [6, 6.07) is 14.6. The molecule has 1 N–H and O–H groups in total. The Kier molecular flexibility index (Phi) is 5.21. The molecule has 0 saturated carbocycles. The first-order chi connectivity index (χ1) is 13.2. The Bertz CT molecular complexity index is 927. The third-order valence-corrected chi connectivity index (χ3v) is 5.04. The van der Waals surface area contributed by atoms with Crippen molar-refractivity contribution in [3.63, 3.8) is 0 Å². The highest BCUT2D eigenvalue weighted by Crippen LogP contribution is 2.23. The topological polar surface area (TPSA) is 43.3 Å². The van der Waals surface area contributed by atoms with Crippen molar-refractivity contribution in [2.75, 3.05) is 13.2 Å². The molecule has 1 atom stereocenters. The summed E-state index contributed by atoms with van der Waals surface area (Å²) in [6.07, 6.45) is 4.59. The first-order valence-electron chi connectivity index (χ1n) is 9.38. The maximum atomic E-state index is 13.2. The lowest BCUT2D eigenvalue weighted by molar-refractivity contribution is -0.120. The lowest BCUT2D eigenvalue weighted by Gasteiger charge is -2.10. The van der Waals surface area contributed by atoms with Crippen molar-refractivity contribution in [3.05, 3.63) is 71.7 Å². The molecule has 0 spiro atoms. The standard InChI is InChI=1S/C22H23FN2O2/c23-18-9-7-16(8-10-18)14-25-15-17(20-5-1-2-6-21(20)25)12-22(26)24-13-19-4-3-11-27-19/h1-2,5-10,15,19H,3-4,11-14H2,(H,24,26). The molecule has 5 heteroatoms. The number of halogens is 1. The molecule has 0 bridgehead atoms. The van der Waals surface area contributed by atoms with Crippen molar-refractivity contribution in [1.29, 1.82) is 0 Å². The van der Waals surface area contributed by atoms with Crippen molar-refractivity contribution in [2.45, 2.75) is 31.9 Å². The van der Waals surface area contributed by atoms with Gasteiger partial charge < -0.3 is 14.6 Å². The van der Waals surface area contributed by atoms with Crippen LogP contribution < -0.4 is 5.32 Å². The number of nitrogens with one attached hydrogen (secondary N) is 1. The third kappa shape index (κ3) is 4.19. The number of para-hydroxylation sites is 1. The van der Waals surface area contributed by atoms with Crippen molar-refractivity contribution >= 4 is 16.8 Å². The van der Waals surface area contributed by atoms with E-state index in [9.17, 15) is 9.18 Å². The van der Waals surface area contributed by atoms with Crippen LogP contribution in [0.2, 0.25) is 0 Å². The van der Waals surface area contributed by atoms with Gasteiger partial charge in [0, 0.05) is 36.8 Å². The highest BCUT2D eigenvalue weighted by atomic mass is 19.1. The molecule has 2 aromatic carbocycles. The minimum absolute atomic E-state index is 0.00943. The Hall–Kier alpha value is -2.66. The second-order valence-electron chi connectivity index (χ2n) is 7.04. The molecule has 1 unspecified atom stereocenters. The van der Waals surface area contributed by atoms with Gasteiger partial charge in [0.05, 0.1) is 12.5 Å². The first kappa shape index (κ1) is 17.7. The highest BCUT2D eigenvalue weighted by Gasteiger charge is 2.17. The quantitative estimate of drug-likeness (QED) is 0.723. The molecule has 27 heavy (non-hydrogen) atoms. The van der Waals surface area contributed by atoms with Crippen LogP contribution in [0.1, 0.15) is 24.0 Å². The fraction of sp³-hybridized carbons (Fsp3) is 0.318. The van der Waals surface area contributed by atoms with Crippen molar-refractivity contribution in [3.8, 4) is 0 Å². The molecule has 1 aromatic heterocycles. The summed E-state index contributed by atoms with van der Waals surface area (Å²) in [5.74, 6) is -0.227. The first-order valence-corrected chi connectivity index (χ1v) is 9.38. The molecule has 1 fully saturated rings. The summed E-state index contributed by atoms with van der Waals surface area (Å²) in [5, 5.41) is 4.06. The van der Waals surface area contributed by atoms with E-state index in [-0.39, 0.29) is 17.8 Å². The van der Waals surface area contributed by atoms with E-state index < -0.39 is 0 Å².